The van der Waals surface area contributed by atoms with Crippen LogP contribution >= 0.6 is 0 Å². The van der Waals surface area contributed by atoms with Gasteiger partial charge in [0, 0.05) is 12.5 Å². The Kier molecular flexibility index (Phi) is 2.98. The summed E-state index contributed by atoms with van der Waals surface area (Å²) in [5.41, 5.74) is 0.416. The molecule has 94 valence electrons. The molecule has 0 saturated carbocycles. The van der Waals surface area contributed by atoms with E-state index in [9.17, 15) is 9.59 Å². The van der Waals surface area contributed by atoms with E-state index in [0.29, 0.717) is 26.0 Å². The standard InChI is InChI=1S/C13H19NO3/c1-4-17-12(16)13-6-5-9(2)8-14(13)11(15)10(3)7-13/h5,10H,4,6-8H2,1-3H3/t10-,13-/m0/s1. The summed E-state index contributed by atoms with van der Waals surface area (Å²) >= 11 is 0. The molecule has 4 nitrogen and oxygen atoms in total. The Balaban J connectivity index is 2.35. The fraction of sp³-hybridized carbons (Fsp3) is 0.692. The van der Waals surface area contributed by atoms with Crippen LogP contribution in [-0.4, -0.2) is 35.5 Å². The molecule has 0 N–H and O–H groups in total. The molecule has 4 heteroatoms. The number of ether oxygens (including phenoxy) is 1. The lowest BCUT2D eigenvalue weighted by molar-refractivity contribution is -0.159. The Morgan fingerprint density at radius 2 is 2.35 bits per heavy atom. The molecule has 0 aromatic carbocycles. The molecule has 0 aliphatic carbocycles. The molecule has 0 bridgehead atoms. The zero-order valence-corrected chi connectivity index (χ0v) is 10.7. The van der Waals surface area contributed by atoms with Gasteiger partial charge in [-0.3, -0.25) is 4.79 Å². The van der Waals surface area contributed by atoms with Crippen LogP contribution in [0.1, 0.15) is 33.6 Å². The smallest absolute Gasteiger partial charge is 0.332 e. The van der Waals surface area contributed by atoms with Gasteiger partial charge in [0.05, 0.1) is 6.61 Å². The van der Waals surface area contributed by atoms with Crippen LogP contribution in [0.5, 0.6) is 0 Å². The van der Waals surface area contributed by atoms with Gasteiger partial charge >= 0.3 is 5.97 Å². The molecule has 1 saturated heterocycles. The summed E-state index contributed by atoms with van der Waals surface area (Å²) in [7, 11) is 0. The number of rotatable bonds is 2. The van der Waals surface area contributed by atoms with Crippen LogP contribution < -0.4 is 0 Å². The number of fused-ring (bicyclic) bond motifs is 1. The average molecular weight is 237 g/mol. The number of carbonyl (C=O) groups is 2. The van der Waals surface area contributed by atoms with E-state index in [1.165, 1.54) is 0 Å². The van der Waals surface area contributed by atoms with E-state index < -0.39 is 5.54 Å². The van der Waals surface area contributed by atoms with Crippen molar-refractivity contribution >= 4 is 11.9 Å². The van der Waals surface area contributed by atoms with Crippen molar-refractivity contribution in [1.29, 1.82) is 0 Å². The van der Waals surface area contributed by atoms with Crippen molar-refractivity contribution in [2.24, 2.45) is 5.92 Å². The van der Waals surface area contributed by atoms with E-state index >= 15 is 0 Å². The highest BCUT2D eigenvalue weighted by Gasteiger charge is 2.55. The van der Waals surface area contributed by atoms with Gasteiger partial charge in [0.1, 0.15) is 5.54 Å². The lowest BCUT2D eigenvalue weighted by atomic mass is 9.86. The minimum Gasteiger partial charge on any atom is -0.464 e. The summed E-state index contributed by atoms with van der Waals surface area (Å²) in [5.74, 6) is -0.259. The maximum absolute atomic E-state index is 12.2. The van der Waals surface area contributed by atoms with E-state index in [4.69, 9.17) is 4.74 Å². The summed E-state index contributed by atoms with van der Waals surface area (Å²) in [6.07, 6.45) is 3.22. The van der Waals surface area contributed by atoms with Crippen LogP contribution in [0.4, 0.5) is 0 Å². The molecule has 2 rings (SSSR count). The van der Waals surface area contributed by atoms with Crippen molar-refractivity contribution < 1.29 is 14.3 Å². The second-order valence-corrected chi connectivity index (χ2v) is 5.04. The lowest BCUT2D eigenvalue weighted by Crippen LogP contribution is -2.54. The van der Waals surface area contributed by atoms with E-state index in [1.54, 1.807) is 11.8 Å². The topological polar surface area (TPSA) is 46.6 Å². The molecule has 2 aliphatic rings. The Morgan fingerprint density at radius 3 is 3.00 bits per heavy atom. The zero-order chi connectivity index (χ0) is 12.6. The summed E-state index contributed by atoms with van der Waals surface area (Å²) < 4.78 is 5.16. The Bertz CT molecular complexity index is 388. The second kappa shape index (κ2) is 4.17. The molecular weight excluding hydrogens is 218 g/mol. The van der Waals surface area contributed by atoms with Gasteiger partial charge in [-0.1, -0.05) is 18.6 Å². The summed E-state index contributed by atoms with van der Waals surface area (Å²) in [6.45, 7) is 6.59. The van der Waals surface area contributed by atoms with E-state index in [0.717, 1.165) is 5.57 Å². The number of amides is 1. The molecule has 1 amide bonds. The zero-order valence-electron chi connectivity index (χ0n) is 10.7. The van der Waals surface area contributed by atoms with E-state index in [2.05, 4.69) is 6.08 Å². The number of hydrogen-bond donors (Lipinski definition) is 0. The molecule has 0 spiro atoms. The number of hydrogen-bond acceptors (Lipinski definition) is 3. The molecule has 17 heavy (non-hydrogen) atoms. The van der Waals surface area contributed by atoms with Crippen LogP contribution in [0.15, 0.2) is 11.6 Å². The van der Waals surface area contributed by atoms with Gasteiger partial charge in [0.2, 0.25) is 5.91 Å². The molecule has 0 aromatic heterocycles. The third kappa shape index (κ3) is 1.75. The normalized spacial score (nSPS) is 32.2. The number of carbonyl (C=O) groups excluding carboxylic acids is 2. The predicted octanol–water partition coefficient (Wildman–Crippen LogP) is 1.51. The first-order chi connectivity index (χ1) is 8.01. The first kappa shape index (κ1) is 12.1. The molecule has 2 heterocycles. The van der Waals surface area contributed by atoms with Crippen molar-refractivity contribution in [3.63, 3.8) is 0 Å². The predicted molar refractivity (Wildman–Crippen MR) is 63.2 cm³/mol. The first-order valence-electron chi connectivity index (χ1n) is 6.15. The van der Waals surface area contributed by atoms with Gasteiger partial charge in [-0.15, -0.1) is 0 Å². The molecule has 1 fully saturated rings. The third-order valence-corrected chi connectivity index (χ3v) is 3.70. The SMILES string of the molecule is CCOC(=O)[C@@]12CC=C(C)CN1C(=O)[C@@H](C)C2. The monoisotopic (exact) mass is 237 g/mol. The highest BCUT2D eigenvalue weighted by Crippen LogP contribution is 2.41. The largest absolute Gasteiger partial charge is 0.464 e. The number of nitrogens with zero attached hydrogens (tertiary/aromatic N) is 1. The molecule has 2 atom stereocenters. The maximum Gasteiger partial charge on any atom is 0.332 e. The van der Waals surface area contributed by atoms with Crippen molar-refractivity contribution in [2.75, 3.05) is 13.2 Å². The minimum atomic E-state index is -0.730. The molecule has 0 unspecified atom stereocenters. The fourth-order valence-corrected chi connectivity index (χ4v) is 2.80. The molecular formula is C13H19NO3. The van der Waals surface area contributed by atoms with Gasteiger partial charge in [0.15, 0.2) is 0 Å². The Labute approximate surface area is 102 Å². The highest BCUT2D eigenvalue weighted by atomic mass is 16.5. The van der Waals surface area contributed by atoms with Crippen molar-refractivity contribution in [1.82, 2.24) is 4.90 Å². The Hall–Kier alpha value is -1.32. The molecule has 0 aromatic rings. The van der Waals surface area contributed by atoms with Crippen molar-refractivity contribution in [3.05, 3.63) is 11.6 Å². The van der Waals surface area contributed by atoms with Crippen molar-refractivity contribution in [2.45, 2.75) is 39.2 Å². The van der Waals surface area contributed by atoms with Crippen LogP contribution in [0, 0.1) is 5.92 Å². The van der Waals surface area contributed by atoms with Gasteiger partial charge in [-0.05, 0) is 26.7 Å². The quantitative estimate of drug-likeness (QED) is 0.540. The second-order valence-electron chi connectivity index (χ2n) is 5.04. The van der Waals surface area contributed by atoms with Gasteiger partial charge in [-0.25, -0.2) is 4.79 Å². The van der Waals surface area contributed by atoms with Gasteiger partial charge in [-0.2, -0.15) is 0 Å². The lowest BCUT2D eigenvalue weighted by Gasteiger charge is -2.38. The van der Waals surface area contributed by atoms with E-state index in [-0.39, 0.29) is 17.8 Å². The molecule has 2 aliphatic heterocycles. The van der Waals surface area contributed by atoms with Crippen LogP contribution in [-0.2, 0) is 14.3 Å². The average Bonchev–Trinajstić information content (AvgIpc) is 2.54. The molecule has 0 radical (unpaired) electrons. The number of esters is 1. The fourth-order valence-electron chi connectivity index (χ4n) is 2.80. The summed E-state index contributed by atoms with van der Waals surface area (Å²) in [5, 5.41) is 0. The first-order valence-corrected chi connectivity index (χ1v) is 6.15. The van der Waals surface area contributed by atoms with Crippen LogP contribution in [0.2, 0.25) is 0 Å². The summed E-state index contributed by atoms with van der Waals surface area (Å²) in [4.78, 5) is 26.0. The summed E-state index contributed by atoms with van der Waals surface area (Å²) in [6, 6.07) is 0. The van der Waals surface area contributed by atoms with Crippen molar-refractivity contribution in [3.8, 4) is 0 Å². The Morgan fingerprint density at radius 1 is 1.65 bits per heavy atom. The van der Waals surface area contributed by atoms with Gasteiger partial charge in [0.25, 0.3) is 0 Å². The highest BCUT2D eigenvalue weighted by molar-refractivity contribution is 5.93. The third-order valence-electron chi connectivity index (χ3n) is 3.70. The van der Waals surface area contributed by atoms with Crippen LogP contribution in [0.25, 0.3) is 0 Å². The minimum absolute atomic E-state index is 0.0745. The maximum atomic E-state index is 12.2. The van der Waals surface area contributed by atoms with Crippen LogP contribution in [0.3, 0.4) is 0 Å². The van der Waals surface area contributed by atoms with Gasteiger partial charge < -0.3 is 9.64 Å². The van der Waals surface area contributed by atoms with E-state index in [1.807, 2.05) is 13.8 Å².